The van der Waals surface area contributed by atoms with E-state index in [1.54, 1.807) is 18.2 Å². The van der Waals surface area contributed by atoms with Crippen molar-refractivity contribution in [2.24, 2.45) is 11.3 Å². The van der Waals surface area contributed by atoms with Crippen LogP contribution < -0.4 is 5.56 Å². The number of amides is 1. The van der Waals surface area contributed by atoms with E-state index in [0.717, 1.165) is 17.7 Å². The zero-order valence-electron chi connectivity index (χ0n) is 18.4. The van der Waals surface area contributed by atoms with Gasteiger partial charge in [-0.2, -0.15) is 5.26 Å². The topological polar surface area (TPSA) is 103 Å². The molecule has 1 N–H and O–H groups in total. The molecule has 0 aliphatic carbocycles. The number of aliphatic carboxylic acids is 1. The van der Waals surface area contributed by atoms with E-state index < -0.39 is 11.4 Å². The normalized spacial score (nSPS) is 19.7. The number of hydrogen-bond donors (Lipinski definition) is 1. The van der Waals surface area contributed by atoms with Crippen molar-refractivity contribution in [1.82, 2.24) is 9.47 Å². The van der Waals surface area contributed by atoms with Crippen molar-refractivity contribution >= 4 is 11.9 Å². The van der Waals surface area contributed by atoms with E-state index >= 15 is 0 Å². The monoisotopic (exact) mass is 433 g/mol. The lowest BCUT2D eigenvalue weighted by atomic mass is 9.81. The number of hydrogen-bond acceptors (Lipinski definition) is 4. The summed E-state index contributed by atoms with van der Waals surface area (Å²) in [7, 11) is 0. The molecule has 7 nitrogen and oxygen atoms in total. The van der Waals surface area contributed by atoms with Gasteiger partial charge in [-0.25, -0.2) is 0 Å². The van der Waals surface area contributed by atoms with Crippen molar-refractivity contribution in [3.63, 3.8) is 0 Å². The first-order valence-electron chi connectivity index (χ1n) is 10.9. The van der Waals surface area contributed by atoms with Crippen LogP contribution in [0.15, 0.2) is 41.2 Å². The maximum absolute atomic E-state index is 13.3. The number of fused-ring (bicyclic) bond motifs is 4. The first-order chi connectivity index (χ1) is 15.2. The first-order valence-corrected chi connectivity index (χ1v) is 10.9. The van der Waals surface area contributed by atoms with Gasteiger partial charge in [0.25, 0.3) is 5.56 Å². The lowest BCUT2D eigenvalue weighted by molar-refractivity contribution is -0.141. The van der Waals surface area contributed by atoms with Crippen LogP contribution in [0, 0.1) is 22.7 Å². The zero-order chi connectivity index (χ0) is 23.0. The number of carbonyl (C=O) groups is 2. The minimum Gasteiger partial charge on any atom is -0.481 e. The second-order valence-electron chi connectivity index (χ2n) is 9.79. The molecule has 2 aromatic rings. The summed E-state index contributed by atoms with van der Waals surface area (Å²) in [5, 5.41) is 18.3. The number of pyridine rings is 1. The Morgan fingerprint density at radius 1 is 1.16 bits per heavy atom. The molecule has 1 amide bonds. The Bertz CT molecular complexity index is 1170. The highest BCUT2D eigenvalue weighted by Gasteiger charge is 2.38. The van der Waals surface area contributed by atoms with Gasteiger partial charge in [0.05, 0.1) is 18.1 Å². The minimum atomic E-state index is -0.900. The Hall–Kier alpha value is -3.40. The fourth-order valence-electron chi connectivity index (χ4n) is 5.12. The average Bonchev–Trinajstić information content (AvgIpc) is 2.73. The molecular formula is C25H27N3O4. The summed E-state index contributed by atoms with van der Waals surface area (Å²) in [5.74, 6) is -0.651. The number of benzene rings is 1. The molecule has 4 rings (SSSR count). The Labute approximate surface area is 186 Å². The van der Waals surface area contributed by atoms with Crippen LogP contribution in [0.2, 0.25) is 0 Å². The molecule has 0 spiro atoms. The van der Waals surface area contributed by atoms with Crippen LogP contribution in [0.5, 0.6) is 0 Å². The van der Waals surface area contributed by atoms with Crippen molar-refractivity contribution < 1.29 is 14.7 Å². The summed E-state index contributed by atoms with van der Waals surface area (Å²) < 4.78 is 1.84. The molecule has 2 unspecified atom stereocenters. The Morgan fingerprint density at radius 2 is 1.94 bits per heavy atom. The number of rotatable bonds is 5. The van der Waals surface area contributed by atoms with Crippen LogP contribution in [-0.2, 0) is 16.1 Å². The van der Waals surface area contributed by atoms with E-state index in [1.807, 2.05) is 41.5 Å². The van der Waals surface area contributed by atoms with Gasteiger partial charge in [0.1, 0.15) is 0 Å². The van der Waals surface area contributed by atoms with E-state index in [-0.39, 0.29) is 36.1 Å². The van der Waals surface area contributed by atoms with Crippen molar-refractivity contribution in [2.45, 2.75) is 45.6 Å². The highest BCUT2D eigenvalue weighted by Crippen LogP contribution is 2.37. The lowest BCUT2D eigenvalue weighted by Crippen LogP contribution is -2.50. The van der Waals surface area contributed by atoms with Gasteiger partial charge in [0.2, 0.25) is 5.91 Å². The summed E-state index contributed by atoms with van der Waals surface area (Å²) in [6.45, 7) is 5.29. The molecule has 1 saturated heterocycles. The smallest absolute Gasteiger partial charge is 0.303 e. The van der Waals surface area contributed by atoms with Gasteiger partial charge in [-0.1, -0.05) is 26.0 Å². The molecule has 1 aromatic carbocycles. The summed E-state index contributed by atoms with van der Waals surface area (Å²) in [5.41, 5.74) is 2.11. The molecule has 2 bridgehead atoms. The van der Waals surface area contributed by atoms with Crippen molar-refractivity contribution in [2.75, 3.05) is 13.1 Å². The number of aromatic nitrogens is 1. The van der Waals surface area contributed by atoms with E-state index in [4.69, 9.17) is 10.4 Å². The second-order valence-corrected chi connectivity index (χ2v) is 9.79. The van der Waals surface area contributed by atoms with Gasteiger partial charge >= 0.3 is 5.97 Å². The van der Waals surface area contributed by atoms with Crippen LogP contribution in [0.25, 0.3) is 11.1 Å². The Morgan fingerprint density at radius 3 is 2.66 bits per heavy atom. The standard InChI is InChI=1S/C25H27N3O4/c1-25(2,11-23(30)31)10-22(29)27-13-17-9-19(15-27)21-7-6-20(24(32)28(21)14-17)18-5-3-4-16(8-18)12-26/h3-8,17,19H,9-11,13-15H2,1-2H3,(H,30,31). The first kappa shape index (κ1) is 21.8. The van der Waals surface area contributed by atoms with Crippen LogP contribution >= 0.6 is 0 Å². The fourth-order valence-corrected chi connectivity index (χ4v) is 5.12. The number of carbonyl (C=O) groups excluding carboxylic acids is 1. The molecule has 7 heteroatoms. The number of carboxylic acid groups (broad SMARTS) is 1. The predicted molar refractivity (Wildman–Crippen MR) is 119 cm³/mol. The maximum Gasteiger partial charge on any atom is 0.303 e. The minimum absolute atomic E-state index is 0.0216. The fraction of sp³-hybridized carbons (Fsp3) is 0.440. The molecule has 166 valence electrons. The Balaban J connectivity index is 1.57. The van der Waals surface area contributed by atoms with Crippen LogP contribution in [0.1, 0.15) is 50.3 Å². The third-order valence-electron chi connectivity index (χ3n) is 6.52. The highest BCUT2D eigenvalue weighted by molar-refractivity contribution is 5.78. The van der Waals surface area contributed by atoms with Crippen LogP contribution in [-0.4, -0.2) is 39.5 Å². The summed E-state index contributed by atoms with van der Waals surface area (Å²) >= 11 is 0. The molecule has 3 heterocycles. The van der Waals surface area contributed by atoms with E-state index in [9.17, 15) is 14.4 Å². The van der Waals surface area contributed by atoms with E-state index in [2.05, 4.69) is 6.07 Å². The lowest BCUT2D eigenvalue weighted by Gasteiger charge is -2.43. The van der Waals surface area contributed by atoms with Crippen molar-refractivity contribution in [1.29, 1.82) is 5.26 Å². The molecule has 0 radical (unpaired) electrons. The number of likely N-dealkylation sites (tertiary alicyclic amines) is 1. The number of carboxylic acids is 1. The van der Waals surface area contributed by atoms with Crippen LogP contribution in [0.4, 0.5) is 0 Å². The van der Waals surface area contributed by atoms with Crippen LogP contribution in [0.3, 0.4) is 0 Å². The quantitative estimate of drug-likeness (QED) is 0.780. The van der Waals surface area contributed by atoms with Crippen molar-refractivity contribution in [3.8, 4) is 17.2 Å². The summed E-state index contributed by atoms with van der Waals surface area (Å²) in [6, 6.07) is 13.0. The van der Waals surface area contributed by atoms with E-state index in [0.29, 0.717) is 30.8 Å². The molecule has 1 aromatic heterocycles. The largest absolute Gasteiger partial charge is 0.481 e. The van der Waals surface area contributed by atoms with Gasteiger partial charge in [-0.15, -0.1) is 0 Å². The third-order valence-corrected chi connectivity index (χ3v) is 6.52. The third kappa shape index (κ3) is 4.31. The van der Waals surface area contributed by atoms with Gasteiger partial charge in [0, 0.05) is 43.2 Å². The highest BCUT2D eigenvalue weighted by atomic mass is 16.4. The zero-order valence-corrected chi connectivity index (χ0v) is 18.4. The molecule has 2 aliphatic heterocycles. The number of nitriles is 1. The molecular weight excluding hydrogens is 406 g/mol. The van der Waals surface area contributed by atoms with Gasteiger partial charge in [-0.3, -0.25) is 14.4 Å². The maximum atomic E-state index is 13.3. The molecule has 2 aliphatic rings. The Kier molecular flexibility index (Phi) is 5.64. The number of nitrogens with zero attached hydrogens (tertiary/aromatic N) is 3. The SMILES string of the molecule is CC(C)(CC(=O)O)CC(=O)N1CC2CC(C1)c1ccc(-c3cccc(C#N)c3)c(=O)n1C2. The van der Waals surface area contributed by atoms with Gasteiger partial charge in [-0.05, 0) is 47.6 Å². The van der Waals surface area contributed by atoms with E-state index in [1.165, 1.54) is 0 Å². The predicted octanol–water partition coefficient (Wildman–Crippen LogP) is 3.22. The number of piperidine rings is 1. The van der Waals surface area contributed by atoms with Gasteiger partial charge in [0.15, 0.2) is 0 Å². The summed E-state index contributed by atoms with van der Waals surface area (Å²) in [4.78, 5) is 39.2. The molecule has 1 fully saturated rings. The average molecular weight is 434 g/mol. The van der Waals surface area contributed by atoms with Crippen molar-refractivity contribution in [3.05, 3.63) is 58.0 Å². The molecule has 2 atom stereocenters. The summed E-state index contributed by atoms with van der Waals surface area (Å²) in [6.07, 6.45) is 1.08. The molecule has 32 heavy (non-hydrogen) atoms. The molecule has 0 saturated carbocycles. The second kappa shape index (κ2) is 8.27. The van der Waals surface area contributed by atoms with Gasteiger partial charge < -0.3 is 14.6 Å².